The quantitative estimate of drug-likeness (QED) is 0.645. The summed E-state index contributed by atoms with van der Waals surface area (Å²) >= 11 is 0. The molecule has 106 valence electrons. The molecule has 1 rings (SSSR count). The van der Waals surface area contributed by atoms with Gasteiger partial charge >= 0.3 is 5.97 Å². The fraction of sp³-hybridized carbons (Fsp3) is 0.923. The molecule has 0 aliphatic carbocycles. The van der Waals surface area contributed by atoms with Gasteiger partial charge in [0.05, 0.1) is 12.7 Å². The Morgan fingerprint density at radius 3 is 2.89 bits per heavy atom. The molecule has 0 amide bonds. The smallest absolute Gasteiger partial charge is 0.323 e. The van der Waals surface area contributed by atoms with Gasteiger partial charge in [-0.25, -0.2) is 0 Å². The average molecular weight is 259 g/mol. The van der Waals surface area contributed by atoms with Gasteiger partial charge in [-0.05, 0) is 46.1 Å². The van der Waals surface area contributed by atoms with Crippen LogP contribution in [-0.4, -0.2) is 49.6 Å². The average Bonchev–Trinajstić information content (AvgIpc) is 2.39. The minimum Gasteiger partial charge on any atom is -0.480 e. The Hall–Kier alpha value is -0.650. The third-order valence-corrected chi connectivity index (χ3v) is 3.57. The molecule has 0 bridgehead atoms. The summed E-state index contributed by atoms with van der Waals surface area (Å²) in [5.74, 6) is -0.819. The number of hydrogen-bond acceptors (Lipinski definition) is 4. The number of carbonyl (C=O) groups is 1. The molecule has 0 saturated carbocycles. The predicted octanol–water partition coefficient (Wildman–Crippen LogP) is 1.41. The first-order chi connectivity index (χ1) is 8.58. The molecule has 0 aromatic carbocycles. The lowest BCUT2D eigenvalue weighted by atomic mass is 9.96. The molecule has 1 aliphatic heterocycles. The van der Waals surface area contributed by atoms with Crippen molar-refractivity contribution in [3.8, 4) is 0 Å². The number of carboxylic acid groups (broad SMARTS) is 1. The molecule has 1 saturated heterocycles. The number of nitrogens with one attached hydrogen (secondary N) is 1. The van der Waals surface area contributed by atoms with E-state index in [0.29, 0.717) is 19.6 Å². The Balaban J connectivity index is 2.08. The normalized spacial score (nSPS) is 23.6. The van der Waals surface area contributed by atoms with Crippen LogP contribution in [-0.2, 0) is 14.3 Å². The summed E-state index contributed by atoms with van der Waals surface area (Å²) < 4.78 is 11.1. The maximum absolute atomic E-state index is 11.0. The molecule has 1 heterocycles. The Bertz CT molecular complexity index is 253. The molecular weight excluding hydrogens is 234 g/mol. The van der Waals surface area contributed by atoms with Gasteiger partial charge in [0.25, 0.3) is 0 Å². The number of carboxylic acids is 1. The highest BCUT2D eigenvalue weighted by Crippen LogP contribution is 2.14. The van der Waals surface area contributed by atoms with Crippen molar-refractivity contribution in [1.82, 2.24) is 5.32 Å². The van der Waals surface area contributed by atoms with E-state index >= 15 is 0 Å². The number of ether oxygens (including phenoxy) is 2. The van der Waals surface area contributed by atoms with Gasteiger partial charge in [0.15, 0.2) is 0 Å². The van der Waals surface area contributed by atoms with Crippen LogP contribution in [0.25, 0.3) is 0 Å². The number of rotatable bonds is 8. The molecule has 1 aliphatic rings. The second kappa shape index (κ2) is 7.71. The highest BCUT2D eigenvalue weighted by atomic mass is 16.5. The van der Waals surface area contributed by atoms with E-state index < -0.39 is 11.5 Å². The number of likely N-dealkylation sites (N-methyl/N-ethyl adjacent to an activating group) is 1. The SMILES string of the molecule is CNC(C)(CCCOCC1CCCCO1)C(=O)O. The van der Waals surface area contributed by atoms with Gasteiger partial charge in [-0.15, -0.1) is 0 Å². The summed E-state index contributed by atoms with van der Waals surface area (Å²) in [6, 6.07) is 0. The summed E-state index contributed by atoms with van der Waals surface area (Å²) in [6.07, 6.45) is 4.96. The highest BCUT2D eigenvalue weighted by Gasteiger charge is 2.30. The first-order valence-corrected chi connectivity index (χ1v) is 6.70. The zero-order valence-corrected chi connectivity index (χ0v) is 11.4. The zero-order valence-electron chi connectivity index (χ0n) is 11.4. The van der Waals surface area contributed by atoms with Crippen molar-refractivity contribution in [3.63, 3.8) is 0 Å². The second-order valence-electron chi connectivity index (χ2n) is 5.05. The van der Waals surface area contributed by atoms with Gasteiger partial charge in [-0.1, -0.05) is 0 Å². The third-order valence-electron chi connectivity index (χ3n) is 3.57. The molecule has 0 aromatic rings. The van der Waals surface area contributed by atoms with Crippen LogP contribution < -0.4 is 5.32 Å². The molecular formula is C13H25NO4. The van der Waals surface area contributed by atoms with Crippen LogP contribution in [0.2, 0.25) is 0 Å². The summed E-state index contributed by atoms with van der Waals surface area (Å²) in [4.78, 5) is 11.0. The Morgan fingerprint density at radius 2 is 2.33 bits per heavy atom. The zero-order chi connectivity index (χ0) is 13.4. The monoisotopic (exact) mass is 259 g/mol. The largest absolute Gasteiger partial charge is 0.480 e. The highest BCUT2D eigenvalue weighted by molar-refractivity contribution is 5.78. The van der Waals surface area contributed by atoms with E-state index in [1.165, 1.54) is 6.42 Å². The molecule has 0 radical (unpaired) electrons. The molecule has 2 atom stereocenters. The third kappa shape index (κ3) is 4.92. The van der Waals surface area contributed by atoms with E-state index in [2.05, 4.69) is 5.32 Å². The molecule has 2 N–H and O–H groups in total. The minimum atomic E-state index is -0.856. The van der Waals surface area contributed by atoms with Gasteiger partial charge in [0.2, 0.25) is 0 Å². The second-order valence-corrected chi connectivity index (χ2v) is 5.05. The van der Waals surface area contributed by atoms with Crippen molar-refractivity contribution in [3.05, 3.63) is 0 Å². The van der Waals surface area contributed by atoms with Crippen molar-refractivity contribution < 1.29 is 19.4 Å². The Morgan fingerprint density at radius 1 is 1.56 bits per heavy atom. The first kappa shape index (κ1) is 15.4. The lowest BCUT2D eigenvalue weighted by Gasteiger charge is -2.25. The van der Waals surface area contributed by atoms with Crippen molar-refractivity contribution in [2.24, 2.45) is 0 Å². The van der Waals surface area contributed by atoms with Crippen molar-refractivity contribution in [2.45, 2.75) is 50.7 Å². The summed E-state index contributed by atoms with van der Waals surface area (Å²) in [7, 11) is 1.67. The van der Waals surface area contributed by atoms with E-state index in [0.717, 1.165) is 25.9 Å². The molecule has 5 nitrogen and oxygen atoms in total. The molecule has 1 fully saturated rings. The first-order valence-electron chi connectivity index (χ1n) is 6.70. The van der Waals surface area contributed by atoms with E-state index in [-0.39, 0.29) is 6.10 Å². The fourth-order valence-electron chi connectivity index (χ4n) is 2.02. The molecule has 0 aromatic heterocycles. The lowest BCUT2D eigenvalue weighted by molar-refractivity contribution is -0.144. The van der Waals surface area contributed by atoms with Crippen LogP contribution >= 0.6 is 0 Å². The standard InChI is InChI=1S/C13H25NO4/c1-13(14-2,12(15)16)7-5-8-17-10-11-6-3-4-9-18-11/h11,14H,3-10H2,1-2H3,(H,15,16). The topological polar surface area (TPSA) is 67.8 Å². The van der Waals surface area contributed by atoms with E-state index in [1.807, 2.05) is 0 Å². The van der Waals surface area contributed by atoms with Crippen LogP contribution in [0.3, 0.4) is 0 Å². The van der Waals surface area contributed by atoms with Gasteiger partial charge in [0, 0.05) is 13.2 Å². The molecule has 0 spiro atoms. The van der Waals surface area contributed by atoms with Gasteiger partial charge < -0.3 is 19.9 Å². The fourth-order valence-corrected chi connectivity index (χ4v) is 2.02. The Kier molecular flexibility index (Phi) is 6.60. The van der Waals surface area contributed by atoms with Gasteiger partial charge in [-0.3, -0.25) is 4.79 Å². The molecule has 2 unspecified atom stereocenters. The lowest BCUT2D eigenvalue weighted by Crippen LogP contribution is -2.47. The minimum absolute atomic E-state index is 0.230. The van der Waals surface area contributed by atoms with Gasteiger partial charge in [-0.2, -0.15) is 0 Å². The van der Waals surface area contributed by atoms with E-state index in [4.69, 9.17) is 14.6 Å². The van der Waals surface area contributed by atoms with Crippen LogP contribution in [0.15, 0.2) is 0 Å². The summed E-state index contributed by atoms with van der Waals surface area (Å²) in [5.41, 5.74) is -0.856. The summed E-state index contributed by atoms with van der Waals surface area (Å²) in [6.45, 7) is 3.75. The number of hydrogen-bond donors (Lipinski definition) is 2. The van der Waals surface area contributed by atoms with Crippen molar-refractivity contribution in [1.29, 1.82) is 0 Å². The van der Waals surface area contributed by atoms with Crippen LogP contribution in [0.4, 0.5) is 0 Å². The van der Waals surface area contributed by atoms with Crippen LogP contribution in [0.5, 0.6) is 0 Å². The van der Waals surface area contributed by atoms with Crippen LogP contribution in [0, 0.1) is 0 Å². The van der Waals surface area contributed by atoms with Gasteiger partial charge in [0.1, 0.15) is 5.54 Å². The van der Waals surface area contributed by atoms with Crippen LogP contribution in [0.1, 0.15) is 39.0 Å². The van der Waals surface area contributed by atoms with E-state index in [9.17, 15) is 4.79 Å². The number of aliphatic carboxylic acids is 1. The maximum Gasteiger partial charge on any atom is 0.323 e. The molecule has 5 heteroatoms. The predicted molar refractivity (Wildman–Crippen MR) is 68.7 cm³/mol. The maximum atomic E-state index is 11.0. The van der Waals surface area contributed by atoms with Crippen molar-refractivity contribution >= 4 is 5.97 Å². The summed E-state index contributed by atoms with van der Waals surface area (Å²) in [5, 5.41) is 11.9. The van der Waals surface area contributed by atoms with E-state index in [1.54, 1.807) is 14.0 Å². The Labute approximate surface area is 109 Å². The molecule has 18 heavy (non-hydrogen) atoms. The van der Waals surface area contributed by atoms with Crippen molar-refractivity contribution in [2.75, 3.05) is 26.9 Å².